The van der Waals surface area contributed by atoms with Crippen molar-refractivity contribution in [2.75, 3.05) is 0 Å². The van der Waals surface area contributed by atoms with E-state index in [1.54, 1.807) is 0 Å². The standard InChI is InChI=1S/C20H22N2O/c21-15-18-11-12-19(23-18)20(22,13-16-7-3-1-4-8-16)14-17-9-5-2-6-10-17/h1-12H,13-15,21-22H2. The van der Waals surface area contributed by atoms with Gasteiger partial charge in [0.2, 0.25) is 0 Å². The van der Waals surface area contributed by atoms with Crippen LogP contribution in [0.1, 0.15) is 22.6 Å². The maximum atomic E-state index is 6.82. The van der Waals surface area contributed by atoms with Gasteiger partial charge < -0.3 is 15.9 Å². The zero-order valence-corrected chi connectivity index (χ0v) is 13.1. The molecular formula is C20H22N2O. The van der Waals surface area contributed by atoms with Crippen molar-refractivity contribution in [1.29, 1.82) is 0 Å². The Balaban J connectivity index is 1.94. The number of hydrogen-bond donors (Lipinski definition) is 2. The molecule has 3 heteroatoms. The first-order valence-electron chi connectivity index (χ1n) is 7.85. The number of benzene rings is 2. The molecule has 0 saturated carbocycles. The Bertz CT molecular complexity index is 693. The fraction of sp³-hybridized carbons (Fsp3) is 0.200. The summed E-state index contributed by atoms with van der Waals surface area (Å²) in [6.45, 7) is 0.382. The van der Waals surface area contributed by atoms with E-state index < -0.39 is 5.54 Å². The van der Waals surface area contributed by atoms with Crippen molar-refractivity contribution in [3.8, 4) is 0 Å². The largest absolute Gasteiger partial charge is 0.463 e. The molecule has 0 spiro atoms. The highest BCUT2D eigenvalue weighted by Gasteiger charge is 2.31. The maximum absolute atomic E-state index is 6.82. The molecule has 0 aliphatic rings. The molecule has 118 valence electrons. The van der Waals surface area contributed by atoms with Gasteiger partial charge in [-0.1, -0.05) is 60.7 Å². The molecule has 23 heavy (non-hydrogen) atoms. The highest BCUT2D eigenvalue weighted by Crippen LogP contribution is 2.29. The van der Waals surface area contributed by atoms with E-state index in [1.807, 2.05) is 48.5 Å². The van der Waals surface area contributed by atoms with Crippen LogP contribution in [0.3, 0.4) is 0 Å². The average Bonchev–Trinajstić information content (AvgIpc) is 3.06. The van der Waals surface area contributed by atoms with Crippen molar-refractivity contribution in [2.45, 2.75) is 24.9 Å². The molecule has 0 atom stereocenters. The fourth-order valence-corrected chi connectivity index (χ4v) is 2.91. The average molecular weight is 306 g/mol. The Morgan fingerprint density at radius 1 is 0.739 bits per heavy atom. The number of hydrogen-bond acceptors (Lipinski definition) is 3. The van der Waals surface area contributed by atoms with E-state index in [1.165, 1.54) is 11.1 Å². The molecule has 0 aliphatic heterocycles. The summed E-state index contributed by atoms with van der Waals surface area (Å²) in [5, 5.41) is 0. The zero-order chi connectivity index (χ0) is 16.1. The van der Waals surface area contributed by atoms with Crippen LogP contribution in [0.5, 0.6) is 0 Å². The van der Waals surface area contributed by atoms with Gasteiger partial charge in [-0.05, 0) is 36.1 Å². The normalized spacial score (nSPS) is 11.6. The van der Waals surface area contributed by atoms with Crippen LogP contribution in [0.2, 0.25) is 0 Å². The molecule has 3 aromatic rings. The smallest absolute Gasteiger partial charge is 0.124 e. The summed E-state index contributed by atoms with van der Waals surface area (Å²) in [5.41, 5.74) is 14.3. The molecule has 3 nitrogen and oxygen atoms in total. The number of furan rings is 1. The van der Waals surface area contributed by atoms with Crippen molar-refractivity contribution >= 4 is 0 Å². The van der Waals surface area contributed by atoms with Crippen LogP contribution in [0, 0.1) is 0 Å². The monoisotopic (exact) mass is 306 g/mol. The van der Waals surface area contributed by atoms with E-state index in [2.05, 4.69) is 24.3 Å². The summed E-state index contributed by atoms with van der Waals surface area (Å²) >= 11 is 0. The Kier molecular flexibility index (Phi) is 4.60. The topological polar surface area (TPSA) is 65.2 Å². The molecule has 0 aliphatic carbocycles. The van der Waals surface area contributed by atoms with Crippen LogP contribution in [0.15, 0.2) is 77.2 Å². The predicted molar refractivity (Wildman–Crippen MR) is 92.8 cm³/mol. The van der Waals surface area contributed by atoms with Crippen molar-refractivity contribution in [3.05, 3.63) is 95.4 Å². The minimum absolute atomic E-state index is 0.382. The second kappa shape index (κ2) is 6.82. The van der Waals surface area contributed by atoms with Crippen molar-refractivity contribution < 1.29 is 4.42 Å². The van der Waals surface area contributed by atoms with Gasteiger partial charge in [-0.2, -0.15) is 0 Å². The first-order chi connectivity index (χ1) is 11.2. The van der Waals surface area contributed by atoms with E-state index in [0.29, 0.717) is 19.4 Å². The zero-order valence-electron chi connectivity index (χ0n) is 13.1. The molecule has 2 aromatic carbocycles. The quantitative estimate of drug-likeness (QED) is 0.734. The summed E-state index contributed by atoms with van der Waals surface area (Å²) in [4.78, 5) is 0. The third-order valence-corrected chi connectivity index (χ3v) is 4.08. The Morgan fingerprint density at radius 3 is 1.70 bits per heavy atom. The second-order valence-corrected chi connectivity index (χ2v) is 5.95. The molecule has 1 heterocycles. The van der Waals surface area contributed by atoms with Gasteiger partial charge >= 0.3 is 0 Å². The summed E-state index contributed by atoms with van der Waals surface area (Å²) in [7, 11) is 0. The highest BCUT2D eigenvalue weighted by molar-refractivity contribution is 5.27. The number of nitrogens with two attached hydrogens (primary N) is 2. The molecule has 1 aromatic heterocycles. The van der Waals surface area contributed by atoms with Crippen molar-refractivity contribution in [2.24, 2.45) is 11.5 Å². The molecule has 0 saturated heterocycles. The van der Waals surface area contributed by atoms with Gasteiger partial charge in [0, 0.05) is 0 Å². The summed E-state index contributed by atoms with van der Waals surface area (Å²) in [6.07, 6.45) is 1.42. The minimum Gasteiger partial charge on any atom is -0.463 e. The van der Waals surface area contributed by atoms with Crippen molar-refractivity contribution in [1.82, 2.24) is 0 Å². The third-order valence-electron chi connectivity index (χ3n) is 4.08. The van der Waals surface area contributed by atoms with E-state index in [-0.39, 0.29) is 0 Å². The van der Waals surface area contributed by atoms with Gasteiger partial charge in [0.1, 0.15) is 11.5 Å². The summed E-state index contributed by atoms with van der Waals surface area (Å²) in [5.74, 6) is 1.54. The molecule has 3 rings (SSSR count). The molecule has 0 bridgehead atoms. The first kappa shape index (κ1) is 15.5. The lowest BCUT2D eigenvalue weighted by Crippen LogP contribution is -2.41. The molecule has 0 unspecified atom stereocenters. The lowest BCUT2D eigenvalue weighted by Gasteiger charge is -2.28. The lowest BCUT2D eigenvalue weighted by atomic mass is 9.83. The lowest BCUT2D eigenvalue weighted by molar-refractivity contribution is 0.325. The summed E-state index contributed by atoms with van der Waals surface area (Å²) < 4.78 is 5.89. The van der Waals surface area contributed by atoms with Crippen LogP contribution in [-0.2, 0) is 24.9 Å². The Hall–Kier alpha value is -2.36. The predicted octanol–water partition coefficient (Wildman–Crippen LogP) is 3.38. The molecule has 4 N–H and O–H groups in total. The van der Waals surface area contributed by atoms with Gasteiger partial charge in [0.25, 0.3) is 0 Å². The second-order valence-electron chi connectivity index (χ2n) is 5.95. The van der Waals surface area contributed by atoms with Crippen LogP contribution in [-0.4, -0.2) is 0 Å². The Labute approximate surface area is 136 Å². The van der Waals surface area contributed by atoms with Gasteiger partial charge in [0.15, 0.2) is 0 Å². The van der Waals surface area contributed by atoms with E-state index >= 15 is 0 Å². The van der Waals surface area contributed by atoms with Crippen LogP contribution in [0.4, 0.5) is 0 Å². The Morgan fingerprint density at radius 2 is 1.26 bits per heavy atom. The molecular weight excluding hydrogens is 284 g/mol. The van der Waals surface area contributed by atoms with Gasteiger partial charge in [-0.25, -0.2) is 0 Å². The highest BCUT2D eigenvalue weighted by atomic mass is 16.3. The van der Waals surface area contributed by atoms with E-state index in [0.717, 1.165) is 11.5 Å². The fourth-order valence-electron chi connectivity index (χ4n) is 2.91. The van der Waals surface area contributed by atoms with Crippen LogP contribution >= 0.6 is 0 Å². The van der Waals surface area contributed by atoms with Crippen LogP contribution in [0.25, 0.3) is 0 Å². The third kappa shape index (κ3) is 3.70. The van der Waals surface area contributed by atoms with E-state index in [4.69, 9.17) is 15.9 Å². The molecule has 0 fully saturated rings. The number of rotatable bonds is 6. The maximum Gasteiger partial charge on any atom is 0.124 e. The first-order valence-corrected chi connectivity index (χ1v) is 7.85. The molecule has 0 amide bonds. The van der Waals surface area contributed by atoms with Gasteiger partial charge in [-0.3, -0.25) is 0 Å². The minimum atomic E-state index is -0.601. The van der Waals surface area contributed by atoms with Gasteiger partial charge in [0.05, 0.1) is 12.1 Å². The van der Waals surface area contributed by atoms with Crippen molar-refractivity contribution in [3.63, 3.8) is 0 Å². The SMILES string of the molecule is NCc1ccc(C(N)(Cc2ccccc2)Cc2ccccc2)o1. The van der Waals surface area contributed by atoms with Gasteiger partial charge in [-0.15, -0.1) is 0 Å². The molecule has 0 radical (unpaired) electrons. The van der Waals surface area contributed by atoms with Crippen LogP contribution < -0.4 is 11.5 Å². The van der Waals surface area contributed by atoms with E-state index in [9.17, 15) is 0 Å². The summed E-state index contributed by atoms with van der Waals surface area (Å²) in [6, 6.07) is 24.4.